The zero-order chi connectivity index (χ0) is 14.9. The van der Waals surface area contributed by atoms with Crippen LogP contribution in [0.2, 0.25) is 0 Å². The van der Waals surface area contributed by atoms with E-state index in [1.54, 1.807) is 6.92 Å². The number of aliphatic hydroxyl groups excluding tert-OH is 3. The first-order valence-corrected chi connectivity index (χ1v) is 6.48. The highest BCUT2D eigenvalue weighted by Crippen LogP contribution is 2.39. The Balaban J connectivity index is 2.55. The number of rotatable bonds is 4. The van der Waals surface area contributed by atoms with Crippen molar-refractivity contribution in [1.29, 1.82) is 0 Å². The molecule has 1 aromatic heterocycles. The first kappa shape index (κ1) is 15.3. The quantitative estimate of drug-likeness (QED) is 0.439. The highest BCUT2D eigenvalue weighted by atomic mass is 32.1. The largest absolute Gasteiger partial charge is 0.394 e. The number of ether oxygens (including phenoxy) is 2. The average molecular weight is 304 g/mol. The summed E-state index contributed by atoms with van der Waals surface area (Å²) in [5.41, 5.74) is -0.664. The maximum absolute atomic E-state index is 12.0. The van der Waals surface area contributed by atoms with E-state index in [-0.39, 0.29) is 16.9 Å². The first-order chi connectivity index (χ1) is 9.46. The minimum Gasteiger partial charge on any atom is -0.394 e. The van der Waals surface area contributed by atoms with Gasteiger partial charge in [0.2, 0.25) is 5.79 Å². The first-order valence-electron chi connectivity index (χ1n) is 6.07. The molecular weight excluding hydrogens is 288 g/mol. The van der Waals surface area contributed by atoms with Crippen LogP contribution in [-0.2, 0) is 15.3 Å². The summed E-state index contributed by atoms with van der Waals surface area (Å²) in [5.74, 6) is -1.85. The Morgan fingerprint density at radius 2 is 2.25 bits per heavy atom. The van der Waals surface area contributed by atoms with Crippen molar-refractivity contribution in [1.82, 2.24) is 9.97 Å². The van der Waals surface area contributed by atoms with Crippen LogP contribution in [0.1, 0.15) is 12.5 Å². The minimum absolute atomic E-state index is 0.0598. The normalized spacial score (nSPS) is 33.5. The molecule has 0 aromatic carbocycles. The predicted octanol–water partition coefficient (Wildman–Crippen LogP) is -1.27. The van der Waals surface area contributed by atoms with Gasteiger partial charge in [-0.2, -0.15) is 0 Å². The van der Waals surface area contributed by atoms with E-state index >= 15 is 0 Å². The van der Waals surface area contributed by atoms with Crippen molar-refractivity contribution in [2.45, 2.75) is 31.0 Å². The van der Waals surface area contributed by atoms with Gasteiger partial charge in [0, 0.05) is 12.8 Å². The Morgan fingerprint density at radius 1 is 1.55 bits per heavy atom. The molecule has 0 aliphatic carbocycles. The van der Waals surface area contributed by atoms with Gasteiger partial charge in [0.1, 0.15) is 18.3 Å². The number of nitrogens with one attached hydrogen (secondary N) is 2. The van der Waals surface area contributed by atoms with Crippen LogP contribution in [-0.4, -0.2) is 56.8 Å². The fourth-order valence-electron chi connectivity index (χ4n) is 2.24. The van der Waals surface area contributed by atoms with E-state index in [4.69, 9.17) is 26.8 Å². The van der Waals surface area contributed by atoms with Crippen LogP contribution >= 0.6 is 12.2 Å². The van der Waals surface area contributed by atoms with Crippen LogP contribution < -0.4 is 5.56 Å². The van der Waals surface area contributed by atoms with Crippen LogP contribution in [0.3, 0.4) is 0 Å². The molecule has 5 N–H and O–H groups in total. The second-order valence-corrected chi connectivity index (χ2v) is 4.77. The number of hydrogen-bond acceptors (Lipinski definition) is 7. The standard InChI is InChI=1S/C11H16N2O6S/c1-2-18-11(5-3-12-10(20)13-9(5)17)8(16)7(15)6(4-14)19-11/h3,6-8,14-16H,2,4H2,1H3,(H2,12,13,17,20)/t6-,7-,8-,11+/m1/s1. The number of aromatic nitrogens is 2. The van der Waals surface area contributed by atoms with Gasteiger partial charge >= 0.3 is 0 Å². The van der Waals surface area contributed by atoms with Crippen molar-refractivity contribution >= 4 is 12.2 Å². The third-order valence-electron chi connectivity index (χ3n) is 3.15. The Bertz CT molecular complexity index is 587. The van der Waals surface area contributed by atoms with Gasteiger partial charge in [-0.05, 0) is 19.1 Å². The lowest BCUT2D eigenvalue weighted by Crippen LogP contribution is -2.46. The summed E-state index contributed by atoms with van der Waals surface area (Å²) in [5, 5.41) is 29.2. The molecule has 4 atom stereocenters. The molecule has 0 saturated carbocycles. The third kappa shape index (κ3) is 2.32. The van der Waals surface area contributed by atoms with Gasteiger partial charge in [0.05, 0.1) is 12.2 Å². The topological polar surface area (TPSA) is 128 Å². The molecular formula is C11H16N2O6S. The molecule has 0 spiro atoms. The third-order valence-corrected chi connectivity index (χ3v) is 3.37. The molecule has 0 bridgehead atoms. The Labute approximate surface area is 119 Å². The molecule has 1 aromatic rings. The fourth-order valence-corrected chi connectivity index (χ4v) is 2.39. The fraction of sp³-hybridized carbons (Fsp3) is 0.636. The zero-order valence-electron chi connectivity index (χ0n) is 10.7. The molecule has 2 rings (SSSR count). The molecule has 1 aliphatic rings. The number of hydrogen-bond donors (Lipinski definition) is 5. The second kappa shape index (κ2) is 5.72. The van der Waals surface area contributed by atoms with Gasteiger partial charge in [-0.15, -0.1) is 0 Å². The number of aliphatic hydroxyl groups is 3. The van der Waals surface area contributed by atoms with Crippen molar-refractivity contribution in [3.63, 3.8) is 0 Å². The van der Waals surface area contributed by atoms with Gasteiger partial charge in [-0.3, -0.25) is 9.78 Å². The van der Waals surface area contributed by atoms with Crippen molar-refractivity contribution in [2.75, 3.05) is 13.2 Å². The van der Waals surface area contributed by atoms with Gasteiger partial charge in [-0.1, -0.05) is 0 Å². The molecule has 2 heterocycles. The van der Waals surface area contributed by atoms with Crippen molar-refractivity contribution in [2.24, 2.45) is 0 Å². The molecule has 20 heavy (non-hydrogen) atoms. The van der Waals surface area contributed by atoms with Crippen LogP contribution in [0.4, 0.5) is 0 Å². The Hall–Kier alpha value is -1.10. The summed E-state index contributed by atoms with van der Waals surface area (Å²) in [6, 6.07) is 0. The maximum Gasteiger partial charge on any atom is 0.260 e. The summed E-state index contributed by atoms with van der Waals surface area (Å²) in [6.07, 6.45) is -2.70. The van der Waals surface area contributed by atoms with Crippen LogP contribution in [0.5, 0.6) is 0 Å². The lowest BCUT2D eigenvalue weighted by molar-refractivity contribution is -0.269. The number of H-pyrrole nitrogens is 2. The highest BCUT2D eigenvalue weighted by molar-refractivity contribution is 7.71. The van der Waals surface area contributed by atoms with E-state index in [0.29, 0.717) is 0 Å². The van der Waals surface area contributed by atoms with Crippen molar-refractivity contribution in [3.8, 4) is 0 Å². The van der Waals surface area contributed by atoms with E-state index in [0.717, 1.165) is 0 Å². The summed E-state index contributed by atoms with van der Waals surface area (Å²) in [7, 11) is 0. The summed E-state index contributed by atoms with van der Waals surface area (Å²) >= 11 is 4.79. The van der Waals surface area contributed by atoms with Crippen LogP contribution in [0.15, 0.2) is 11.0 Å². The van der Waals surface area contributed by atoms with Crippen LogP contribution in [0.25, 0.3) is 0 Å². The summed E-state index contributed by atoms with van der Waals surface area (Å²) < 4.78 is 10.9. The lowest BCUT2D eigenvalue weighted by atomic mass is 10.00. The van der Waals surface area contributed by atoms with E-state index in [1.807, 2.05) is 0 Å². The molecule has 8 nitrogen and oxygen atoms in total. The molecule has 0 amide bonds. The Kier molecular flexibility index (Phi) is 4.37. The summed E-state index contributed by atoms with van der Waals surface area (Å²) in [6.45, 7) is 1.25. The van der Waals surface area contributed by atoms with Crippen molar-refractivity contribution < 1.29 is 24.8 Å². The van der Waals surface area contributed by atoms with E-state index in [9.17, 15) is 15.0 Å². The van der Waals surface area contributed by atoms with Crippen molar-refractivity contribution in [3.05, 3.63) is 26.9 Å². The van der Waals surface area contributed by atoms with Gasteiger partial charge in [0.15, 0.2) is 4.77 Å². The molecule has 1 saturated heterocycles. The van der Waals surface area contributed by atoms with E-state index in [2.05, 4.69) is 9.97 Å². The van der Waals surface area contributed by atoms with Gasteiger partial charge in [-0.25, -0.2) is 0 Å². The van der Waals surface area contributed by atoms with E-state index < -0.39 is 36.3 Å². The second-order valence-electron chi connectivity index (χ2n) is 4.36. The molecule has 1 fully saturated rings. The zero-order valence-corrected chi connectivity index (χ0v) is 11.5. The maximum atomic E-state index is 12.0. The SMILES string of the molecule is CCO[C@@]1(c2c[nH]c(=S)[nH]c2=O)O[C@H](CO)[C@@H](O)[C@H]1O. The molecule has 0 unspecified atom stereocenters. The minimum atomic E-state index is -1.85. The number of aromatic amines is 2. The average Bonchev–Trinajstić information content (AvgIpc) is 2.65. The predicted molar refractivity (Wildman–Crippen MR) is 69.5 cm³/mol. The molecule has 9 heteroatoms. The van der Waals surface area contributed by atoms with Crippen LogP contribution in [0, 0.1) is 4.77 Å². The lowest BCUT2D eigenvalue weighted by Gasteiger charge is -2.30. The molecule has 1 aliphatic heterocycles. The van der Waals surface area contributed by atoms with Gasteiger partial charge in [0.25, 0.3) is 5.56 Å². The molecule has 112 valence electrons. The van der Waals surface area contributed by atoms with E-state index in [1.165, 1.54) is 6.20 Å². The summed E-state index contributed by atoms with van der Waals surface area (Å²) in [4.78, 5) is 17.0. The smallest absolute Gasteiger partial charge is 0.260 e. The highest BCUT2D eigenvalue weighted by Gasteiger charge is 2.57. The Morgan fingerprint density at radius 3 is 2.75 bits per heavy atom. The monoisotopic (exact) mass is 304 g/mol. The molecule has 0 radical (unpaired) electrons. The van der Waals surface area contributed by atoms with Gasteiger partial charge < -0.3 is 29.8 Å².